The summed E-state index contributed by atoms with van der Waals surface area (Å²) in [6.07, 6.45) is 3.02. The fourth-order valence-electron chi connectivity index (χ4n) is 5.63. The van der Waals surface area contributed by atoms with E-state index in [0.29, 0.717) is 32.2 Å². The number of β-amino-alcohol motifs (C(OH)–C–C–N with tert-alkyl or cyclic N) is 1. The van der Waals surface area contributed by atoms with Gasteiger partial charge in [0, 0.05) is 46.4 Å². The van der Waals surface area contributed by atoms with E-state index in [1.807, 2.05) is 6.07 Å². The molecule has 196 valence electrons. The number of anilines is 1. The van der Waals surface area contributed by atoms with Gasteiger partial charge in [0.2, 0.25) is 0 Å². The Hall–Kier alpha value is -2.16. The van der Waals surface area contributed by atoms with Crippen molar-refractivity contribution >= 4 is 5.69 Å². The molecule has 1 saturated carbocycles. The molecule has 4 atom stereocenters. The van der Waals surface area contributed by atoms with Crippen molar-refractivity contribution in [1.82, 2.24) is 5.32 Å². The van der Waals surface area contributed by atoms with Gasteiger partial charge >= 0.3 is 0 Å². The first-order valence-corrected chi connectivity index (χ1v) is 13.3. The standard InChI is InChI=1S/C29H40N2O5/c1-33-14-3-12-31-13-15-35-26-11-4-20(16-24(26)31)19-36-27-18-30-17-25(32)28(27)21-5-7-22(8-6-21)29(34-2)23-9-10-23/h4-8,11,16,23,25,27-30,32H,3,9-10,12-15,17-19H2,1-2H3/t25-,27+,28+,29?/m1/s1. The van der Waals surface area contributed by atoms with Gasteiger partial charge in [0.15, 0.2) is 0 Å². The third kappa shape index (κ3) is 5.87. The maximum absolute atomic E-state index is 10.9. The number of hydrogen-bond donors (Lipinski definition) is 2. The Kier molecular flexibility index (Phi) is 8.44. The lowest BCUT2D eigenvalue weighted by molar-refractivity contribution is -0.0328. The fraction of sp³-hybridized carbons (Fsp3) is 0.586. The number of ether oxygens (including phenoxy) is 4. The molecule has 7 nitrogen and oxygen atoms in total. The summed E-state index contributed by atoms with van der Waals surface area (Å²) in [6, 6.07) is 14.9. The number of nitrogens with one attached hydrogen (secondary N) is 1. The lowest BCUT2D eigenvalue weighted by Crippen LogP contribution is -2.49. The van der Waals surface area contributed by atoms with E-state index in [4.69, 9.17) is 18.9 Å². The molecule has 2 aromatic rings. The van der Waals surface area contributed by atoms with Crippen LogP contribution in [-0.2, 0) is 20.8 Å². The van der Waals surface area contributed by atoms with Crippen LogP contribution in [0.2, 0.25) is 0 Å². The van der Waals surface area contributed by atoms with Crippen LogP contribution in [-0.4, -0.2) is 70.9 Å². The Bertz CT molecular complexity index is 980. The van der Waals surface area contributed by atoms with Crippen molar-refractivity contribution in [3.63, 3.8) is 0 Å². The van der Waals surface area contributed by atoms with Crippen molar-refractivity contribution in [3.05, 3.63) is 59.2 Å². The van der Waals surface area contributed by atoms with Gasteiger partial charge in [-0.05, 0) is 54.0 Å². The molecule has 0 bridgehead atoms. The van der Waals surface area contributed by atoms with E-state index >= 15 is 0 Å². The molecule has 2 fully saturated rings. The highest BCUT2D eigenvalue weighted by Crippen LogP contribution is 2.43. The lowest BCUT2D eigenvalue weighted by Gasteiger charge is -2.36. The minimum atomic E-state index is -0.496. The van der Waals surface area contributed by atoms with E-state index in [2.05, 4.69) is 46.6 Å². The van der Waals surface area contributed by atoms with Gasteiger partial charge in [-0.3, -0.25) is 0 Å². The number of rotatable bonds is 11. The van der Waals surface area contributed by atoms with Crippen molar-refractivity contribution < 1.29 is 24.1 Å². The Morgan fingerprint density at radius 3 is 2.69 bits per heavy atom. The van der Waals surface area contributed by atoms with Crippen LogP contribution in [0.25, 0.3) is 0 Å². The molecule has 0 spiro atoms. The normalized spacial score (nSPS) is 24.8. The van der Waals surface area contributed by atoms with Crippen molar-refractivity contribution in [2.45, 2.75) is 50.1 Å². The van der Waals surface area contributed by atoms with E-state index in [0.717, 1.165) is 48.7 Å². The largest absolute Gasteiger partial charge is 0.490 e. The summed E-state index contributed by atoms with van der Waals surface area (Å²) in [5.74, 6) is 1.49. The zero-order chi connectivity index (χ0) is 24.9. The lowest BCUT2D eigenvalue weighted by atomic mass is 9.84. The van der Waals surface area contributed by atoms with Gasteiger partial charge in [-0.25, -0.2) is 0 Å². The molecule has 7 heteroatoms. The minimum absolute atomic E-state index is 0.0753. The van der Waals surface area contributed by atoms with Crippen LogP contribution in [0.1, 0.15) is 48.0 Å². The number of piperidine rings is 1. The Labute approximate surface area is 214 Å². The Balaban J connectivity index is 1.26. The molecule has 1 aliphatic carbocycles. The molecule has 2 aromatic carbocycles. The van der Waals surface area contributed by atoms with E-state index < -0.39 is 6.10 Å². The topological polar surface area (TPSA) is 72.4 Å². The van der Waals surface area contributed by atoms with Gasteiger partial charge in [0.25, 0.3) is 0 Å². The zero-order valence-electron chi connectivity index (χ0n) is 21.5. The number of fused-ring (bicyclic) bond motifs is 1. The second-order valence-electron chi connectivity index (χ2n) is 10.2. The second kappa shape index (κ2) is 11.9. The second-order valence-corrected chi connectivity index (χ2v) is 10.2. The van der Waals surface area contributed by atoms with Crippen molar-refractivity contribution in [3.8, 4) is 5.75 Å². The molecule has 3 aliphatic rings. The maximum atomic E-state index is 10.9. The number of methoxy groups -OCH3 is 2. The summed E-state index contributed by atoms with van der Waals surface area (Å²) in [4.78, 5) is 2.37. The van der Waals surface area contributed by atoms with Crippen LogP contribution < -0.4 is 15.0 Å². The molecule has 1 saturated heterocycles. The molecular formula is C29H40N2O5. The SMILES string of the molecule is COCCCN1CCOc2ccc(CO[C@H]3CNC[C@@H](O)[C@@H]3c3ccc(C(OC)C4CC4)cc3)cc21. The number of hydrogen-bond acceptors (Lipinski definition) is 7. The molecule has 0 amide bonds. The predicted octanol–water partition coefficient (Wildman–Crippen LogP) is 3.65. The highest BCUT2D eigenvalue weighted by atomic mass is 16.5. The molecule has 5 rings (SSSR count). The first kappa shape index (κ1) is 25.5. The highest BCUT2D eigenvalue weighted by Gasteiger charge is 2.35. The van der Waals surface area contributed by atoms with E-state index in [1.165, 1.54) is 18.4 Å². The fourth-order valence-corrected chi connectivity index (χ4v) is 5.63. The van der Waals surface area contributed by atoms with Crippen molar-refractivity contribution in [2.75, 3.05) is 58.5 Å². The van der Waals surface area contributed by atoms with Gasteiger partial charge in [0.05, 0.1) is 37.2 Å². The summed E-state index contributed by atoms with van der Waals surface area (Å²) < 4.78 is 23.3. The van der Waals surface area contributed by atoms with Crippen LogP contribution >= 0.6 is 0 Å². The average Bonchev–Trinajstić information content (AvgIpc) is 3.74. The van der Waals surface area contributed by atoms with Gasteiger partial charge < -0.3 is 34.3 Å². The molecular weight excluding hydrogens is 456 g/mol. The van der Waals surface area contributed by atoms with Gasteiger partial charge in [-0.2, -0.15) is 0 Å². The summed E-state index contributed by atoms with van der Waals surface area (Å²) in [5, 5.41) is 14.2. The number of aliphatic hydroxyl groups excluding tert-OH is 1. The van der Waals surface area contributed by atoms with Crippen LogP contribution in [0.5, 0.6) is 5.75 Å². The molecule has 0 radical (unpaired) electrons. The smallest absolute Gasteiger partial charge is 0.142 e. The number of aliphatic hydroxyl groups is 1. The van der Waals surface area contributed by atoms with Crippen LogP contribution in [0.4, 0.5) is 5.69 Å². The molecule has 36 heavy (non-hydrogen) atoms. The monoisotopic (exact) mass is 496 g/mol. The summed E-state index contributed by atoms with van der Waals surface area (Å²) in [7, 11) is 3.54. The maximum Gasteiger partial charge on any atom is 0.142 e. The zero-order valence-corrected chi connectivity index (χ0v) is 21.5. The minimum Gasteiger partial charge on any atom is -0.490 e. The van der Waals surface area contributed by atoms with Crippen LogP contribution in [0.15, 0.2) is 42.5 Å². The average molecular weight is 497 g/mol. The molecule has 2 N–H and O–H groups in total. The predicted molar refractivity (Wildman–Crippen MR) is 140 cm³/mol. The summed E-state index contributed by atoms with van der Waals surface area (Å²) in [5.41, 5.74) is 4.57. The molecule has 2 heterocycles. The van der Waals surface area contributed by atoms with Crippen molar-refractivity contribution in [2.24, 2.45) is 5.92 Å². The highest BCUT2D eigenvalue weighted by molar-refractivity contribution is 5.61. The van der Waals surface area contributed by atoms with E-state index in [-0.39, 0.29) is 18.1 Å². The van der Waals surface area contributed by atoms with Crippen molar-refractivity contribution in [1.29, 1.82) is 0 Å². The van der Waals surface area contributed by atoms with Gasteiger partial charge in [0.1, 0.15) is 12.4 Å². The third-order valence-corrected chi connectivity index (χ3v) is 7.69. The van der Waals surface area contributed by atoms with E-state index in [9.17, 15) is 5.11 Å². The number of benzene rings is 2. The molecule has 2 aliphatic heterocycles. The van der Waals surface area contributed by atoms with Gasteiger partial charge in [-0.1, -0.05) is 30.3 Å². The Morgan fingerprint density at radius 2 is 1.94 bits per heavy atom. The third-order valence-electron chi connectivity index (χ3n) is 7.69. The first-order chi connectivity index (χ1) is 17.7. The number of nitrogens with zero attached hydrogens (tertiary/aromatic N) is 1. The quantitative estimate of drug-likeness (QED) is 0.460. The summed E-state index contributed by atoms with van der Waals surface area (Å²) in [6.45, 7) is 5.04. The molecule has 0 aromatic heterocycles. The van der Waals surface area contributed by atoms with Crippen LogP contribution in [0.3, 0.4) is 0 Å². The van der Waals surface area contributed by atoms with E-state index in [1.54, 1.807) is 14.2 Å². The first-order valence-electron chi connectivity index (χ1n) is 13.3. The molecule has 1 unspecified atom stereocenters. The van der Waals surface area contributed by atoms with Gasteiger partial charge in [-0.15, -0.1) is 0 Å². The summed E-state index contributed by atoms with van der Waals surface area (Å²) >= 11 is 0. The Morgan fingerprint density at radius 1 is 1.11 bits per heavy atom. The van der Waals surface area contributed by atoms with Crippen LogP contribution in [0, 0.1) is 5.92 Å².